The maximum atomic E-state index is 10.9. The normalized spacial score (nSPS) is 11.6. The summed E-state index contributed by atoms with van der Waals surface area (Å²) in [4.78, 5) is 10.0. The van der Waals surface area contributed by atoms with Gasteiger partial charge in [-0.3, -0.25) is 14.3 Å². The molecule has 1 aromatic rings. The Morgan fingerprint density at radius 1 is 1.56 bits per heavy atom. The van der Waals surface area contributed by atoms with Crippen LogP contribution in [0.4, 0.5) is 11.4 Å². The van der Waals surface area contributed by atoms with E-state index in [1.165, 1.54) is 18.2 Å². The Bertz CT molecular complexity index is 511. The van der Waals surface area contributed by atoms with Crippen LogP contribution in [0.3, 0.4) is 0 Å². The highest BCUT2D eigenvalue weighted by Gasteiger charge is 2.10. The van der Waals surface area contributed by atoms with E-state index in [0.717, 1.165) is 0 Å². The lowest BCUT2D eigenvalue weighted by molar-refractivity contribution is -0.384. The third kappa shape index (κ3) is 4.14. The van der Waals surface area contributed by atoms with Crippen molar-refractivity contribution >= 4 is 22.2 Å². The Hall–Kier alpha value is -1.94. The first-order valence-corrected chi connectivity index (χ1v) is 6.99. The van der Waals surface area contributed by atoms with Crippen molar-refractivity contribution < 1.29 is 9.13 Å². The molecular weight excluding hydrogens is 254 g/mol. The van der Waals surface area contributed by atoms with Crippen LogP contribution in [0.15, 0.2) is 18.2 Å². The van der Waals surface area contributed by atoms with Gasteiger partial charge in [0.25, 0.3) is 5.69 Å². The van der Waals surface area contributed by atoms with E-state index in [-0.39, 0.29) is 11.3 Å². The summed E-state index contributed by atoms with van der Waals surface area (Å²) in [6.07, 6.45) is 2.34. The molecule has 6 nitrogen and oxygen atoms in total. The number of rotatable bonds is 6. The number of hydrogen-bond acceptors (Lipinski definition) is 5. The average Bonchev–Trinajstić information content (AvgIpc) is 2.34. The smallest absolute Gasteiger partial charge is 0.270 e. The van der Waals surface area contributed by atoms with E-state index in [1.54, 1.807) is 6.26 Å². The number of nitrogens with one attached hydrogen (secondary N) is 1. The van der Waals surface area contributed by atoms with Gasteiger partial charge in [0.15, 0.2) is 0 Å². The lowest BCUT2D eigenvalue weighted by Gasteiger charge is -2.07. The second-order valence-corrected chi connectivity index (χ2v) is 5.21. The first-order valence-electron chi connectivity index (χ1n) is 5.27. The quantitative estimate of drug-likeness (QED) is 0.480. The Morgan fingerprint density at radius 3 is 2.83 bits per heavy atom. The molecule has 0 heterocycles. The molecule has 7 heteroatoms. The van der Waals surface area contributed by atoms with Crippen molar-refractivity contribution in [2.75, 3.05) is 23.9 Å². The molecule has 0 radical (unpaired) electrons. The van der Waals surface area contributed by atoms with Crippen LogP contribution in [0.5, 0.6) is 0 Å². The largest absolute Gasteiger partial charge is 0.384 e. The molecular formula is C11H13N3O3S. The van der Waals surface area contributed by atoms with E-state index < -0.39 is 15.7 Å². The molecule has 1 rings (SSSR count). The SMILES string of the molecule is CS(=O)CCCNc1ccc([N+](=O)[O-])cc1C#N. The Balaban J connectivity index is 2.69. The molecule has 96 valence electrons. The zero-order chi connectivity index (χ0) is 13.5. The molecule has 1 unspecified atom stereocenters. The molecule has 1 atom stereocenters. The van der Waals surface area contributed by atoms with Crippen molar-refractivity contribution in [1.82, 2.24) is 0 Å². The Morgan fingerprint density at radius 2 is 2.28 bits per heavy atom. The van der Waals surface area contributed by atoms with Crippen molar-refractivity contribution in [3.8, 4) is 6.07 Å². The number of benzene rings is 1. The molecule has 1 N–H and O–H groups in total. The van der Waals surface area contributed by atoms with E-state index in [9.17, 15) is 14.3 Å². The number of nitrogens with zero attached hydrogens (tertiary/aromatic N) is 2. The number of nitriles is 1. The molecule has 0 aliphatic carbocycles. The summed E-state index contributed by atoms with van der Waals surface area (Å²) in [6.45, 7) is 0.575. The maximum Gasteiger partial charge on any atom is 0.270 e. The molecule has 0 aliphatic rings. The van der Waals surface area contributed by atoms with Gasteiger partial charge >= 0.3 is 0 Å². The molecule has 0 aliphatic heterocycles. The highest BCUT2D eigenvalue weighted by Crippen LogP contribution is 2.21. The van der Waals surface area contributed by atoms with Crippen LogP contribution in [0, 0.1) is 21.4 Å². The van der Waals surface area contributed by atoms with Gasteiger partial charge in [0, 0.05) is 41.5 Å². The van der Waals surface area contributed by atoms with Gasteiger partial charge in [0.05, 0.1) is 16.2 Å². The second kappa shape index (κ2) is 6.71. The lowest BCUT2D eigenvalue weighted by Crippen LogP contribution is -2.07. The number of anilines is 1. The molecule has 1 aromatic carbocycles. The van der Waals surface area contributed by atoms with Gasteiger partial charge in [0.1, 0.15) is 6.07 Å². The van der Waals surface area contributed by atoms with Gasteiger partial charge < -0.3 is 5.32 Å². The minimum Gasteiger partial charge on any atom is -0.384 e. The van der Waals surface area contributed by atoms with Crippen LogP contribution in [0.25, 0.3) is 0 Å². The fourth-order valence-corrected chi connectivity index (χ4v) is 1.94. The number of non-ortho nitro benzene ring substituents is 1. The van der Waals surface area contributed by atoms with Gasteiger partial charge in [-0.1, -0.05) is 0 Å². The number of nitro benzene ring substituents is 1. The molecule has 0 bridgehead atoms. The molecule has 0 fully saturated rings. The molecule has 0 spiro atoms. The summed E-state index contributed by atoms with van der Waals surface area (Å²) in [5, 5.41) is 22.5. The maximum absolute atomic E-state index is 10.9. The highest BCUT2D eigenvalue weighted by molar-refractivity contribution is 7.84. The van der Waals surface area contributed by atoms with Crippen molar-refractivity contribution in [1.29, 1.82) is 5.26 Å². The van der Waals surface area contributed by atoms with Crippen LogP contribution < -0.4 is 5.32 Å². The molecule has 0 aromatic heterocycles. The van der Waals surface area contributed by atoms with E-state index in [2.05, 4.69) is 5.32 Å². The van der Waals surface area contributed by atoms with E-state index >= 15 is 0 Å². The number of nitro groups is 1. The van der Waals surface area contributed by atoms with Crippen molar-refractivity contribution in [2.24, 2.45) is 0 Å². The fourth-order valence-electron chi connectivity index (χ4n) is 1.39. The summed E-state index contributed by atoms with van der Waals surface area (Å²) in [5.74, 6) is 0.585. The zero-order valence-electron chi connectivity index (χ0n) is 9.88. The zero-order valence-corrected chi connectivity index (χ0v) is 10.7. The predicted molar refractivity (Wildman–Crippen MR) is 69.9 cm³/mol. The van der Waals surface area contributed by atoms with Crippen LogP contribution >= 0.6 is 0 Å². The summed E-state index contributed by atoms with van der Waals surface area (Å²) < 4.78 is 10.9. The van der Waals surface area contributed by atoms with Gasteiger partial charge in [-0.2, -0.15) is 5.26 Å². The monoisotopic (exact) mass is 267 g/mol. The van der Waals surface area contributed by atoms with Crippen LogP contribution in [0.1, 0.15) is 12.0 Å². The van der Waals surface area contributed by atoms with Crippen LogP contribution in [-0.2, 0) is 10.8 Å². The minimum atomic E-state index is -0.835. The second-order valence-electron chi connectivity index (χ2n) is 3.66. The van der Waals surface area contributed by atoms with Crippen LogP contribution in [0.2, 0.25) is 0 Å². The summed E-state index contributed by atoms with van der Waals surface area (Å²) in [7, 11) is -0.835. The third-order valence-corrected chi connectivity index (χ3v) is 3.12. The van der Waals surface area contributed by atoms with Crippen molar-refractivity contribution in [3.05, 3.63) is 33.9 Å². The van der Waals surface area contributed by atoms with E-state index in [4.69, 9.17) is 5.26 Å². The first kappa shape index (κ1) is 14.1. The molecule has 0 saturated heterocycles. The summed E-state index contributed by atoms with van der Waals surface area (Å²) >= 11 is 0. The predicted octanol–water partition coefficient (Wildman–Crippen LogP) is 1.65. The molecule has 0 amide bonds. The highest BCUT2D eigenvalue weighted by atomic mass is 32.2. The van der Waals surface area contributed by atoms with E-state index in [1.807, 2.05) is 6.07 Å². The molecule has 18 heavy (non-hydrogen) atoms. The summed E-state index contributed by atoms with van der Waals surface area (Å²) in [6, 6.07) is 6.01. The van der Waals surface area contributed by atoms with Gasteiger partial charge in [-0.15, -0.1) is 0 Å². The fraction of sp³-hybridized carbons (Fsp3) is 0.364. The lowest BCUT2D eigenvalue weighted by atomic mass is 10.1. The van der Waals surface area contributed by atoms with Gasteiger partial charge in [0.2, 0.25) is 0 Å². The Kier molecular flexibility index (Phi) is 5.27. The molecule has 0 saturated carbocycles. The number of hydrogen-bond donors (Lipinski definition) is 1. The third-order valence-electron chi connectivity index (χ3n) is 2.26. The summed E-state index contributed by atoms with van der Waals surface area (Å²) in [5.41, 5.74) is 0.693. The Labute approximate surface area is 107 Å². The average molecular weight is 267 g/mol. The van der Waals surface area contributed by atoms with Crippen LogP contribution in [-0.4, -0.2) is 27.7 Å². The minimum absolute atomic E-state index is 0.105. The first-order chi connectivity index (χ1) is 8.54. The van der Waals surface area contributed by atoms with Crippen molar-refractivity contribution in [3.63, 3.8) is 0 Å². The van der Waals surface area contributed by atoms with Gasteiger partial charge in [-0.25, -0.2) is 0 Å². The van der Waals surface area contributed by atoms with Crippen molar-refractivity contribution in [2.45, 2.75) is 6.42 Å². The van der Waals surface area contributed by atoms with E-state index in [0.29, 0.717) is 24.4 Å². The standard InChI is InChI=1S/C11H13N3O3S/c1-18(17)6-2-5-13-11-4-3-10(14(15)16)7-9(11)8-12/h3-4,7,13H,2,5-6H2,1H3. The topological polar surface area (TPSA) is 96.0 Å². The van der Waals surface area contributed by atoms with Gasteiger partial charge in [-0.05, 0) is 12.5 Å².